The third kappa shape index (κ3) is 2.20. The minimum atomic E-state index is -0.813. The second kappa shape index (κ2) is 4.38. The number of hydrogen-bond acceptors (Lipinski definition) is 3. The van der Waals surface area contributed by atoms with Crippen molar-refractivity contribution in [3.05, 3.63) is 0 Å². The molecule has 0 atom stereocenters. The third-order valence-electron chi connectivity index (χ3n) is 2.53. The predicted octanol–water partition coefficient (Wildman–Crippen LogP) is 1.16. The monoisotopic (exact) mass is 196 g/mol. The molecule has 1 fully saturated rings. The van der Waals surface area contributed by atoms with Gasteiger partial charge in [0.25, 0.3) is 0 Å². The molecule has 4 nitrogen and oxygen atoms in total. The Morgan fingerprint density at radius 2 is 2.00 bits per heavy atom. The summed E-state index contributed by atoms with van der Waals surface area (Å²) in [6.07, 6.45) is 4.76. The van der Waals surface area contributed by atoms with E-state index < -0.39 is 5.54 Å². The van der Waals surface area contributed by atoms with Crippen molar-refractivity contribution in [2.24, 2.45) is 4.99 Å². The Balaban J connectivity index is 2.77. The van der Waals surface area contributed by atoms with E-state index in [1.807, 2.05) is 13.8 Å². The van der Waals surface area contributed by atoms with E-state index in [-0.39, 0.29) is 11.9 Å². The summed E-state index contributed by atoms with van der Waals surface area (Å²) < 4.78 is 0. The van der Waals surface area contributed by atoms with E-state index in [1.54, 1.807) is 0 Å². The van der Waals surface area contributed by atoms with Crippen molar-refractivity contribution < 1.29 is 9.59 Å². The van der Waals surface area contributed by atoms with Crippen LogP contribution in [0.4, 0.5) is 0 Å². The molecule has 0 radical (unpaired) electrons. The number of hydrogen-bond donors (Lipinski definition) is 1. The van der Waals surface area contributed by atoms with E-state index in [0.717, 1.165) is 12.8 Å². The van der Waals surface area contributed by atoms with Crippen molar-refractivity contribution in [2.75, 3.05) is 0 Å². The van der Waals surface area contributed by atoms with Gasteiger partial charge in [-0.3, -0.25) is 4.79 Å². The fourth-order valence-corrected chi connectivity index (χ4v) is 1.83. The first-order chi connectivity index (χ1) is 6.60. The summed E-state index contributed by atoms with van der Waals surface area (Å²) in [5.41, 5.74) is -0.813. The molecule has 0 heterocycles. The van der Waals surface area contributed by atoms with Crippen LogP contribution in [-0.2, 0) is 9.59 Å². The zero-order valence-electron chi connectivity index (χ0n) is 8.67. The number of amides is 1. The molecule has 0 aromatic heterocycles. The second-order valence-electron chi connectivity index (χ2n) is 4.07. The molecule has 14 heavy (non-hydrogen) atoms. The number of rotatable bonds is 3. The van der Waals surface area contributed by atoms with Crippen molar-refractivity contribution in [1.29, 1.82) is 0 Å². The predicted molar refractivity (Wildman–Crippen MR) is 52.6 cm³/mol. The summed E-state index contributed by atoms with van der Waals surface area (Å²) in [6, 6.07) is 0.0850. The van der Waals surface area contributed by atoms with Crippen molar-refractivity contribution >= 4 is 12.0 Å². The van der Waals surface area contributed by atoms with E-state index >= 15 is 0 Å². The molecule has 1 aliphatic carbocycles. The van der Waals surface area contributed by atoms with Crippen LogP contribution >= 0.6 is 0 Å². The van der Waals surface area contributed by atoms with Gasteiger partial charge in [-0.05, 0) is 26.7 Å². The first-order valence-electron chi connectivity index (χ1n) is 5.01. The first kappa shape index (κ1) is 10.9. The maximum Gasteiger partial charge on any atom is 0.249 e. The highest BCUT2D eigenvalue weighted by Crippen LogP contribution is 2.33. The van der Waals surface area contributed by atoms with Crippen LogP contribution in [0.2, 0.25) is 0 Å². The van der Waals surface area contributed by atoms with Crippen LogP contribution in [0.1, 0.15) is 39.5 Å². The van der Waals surface area contributed by atoms with Crippen LogP contribution in [0.3, 0.4) is 0 Å². The van der Waals surface area contributed by atoms with Gasteiger partial charge in [0.2, 0.25) is 12.0 Å². The second-order valence-corrected chi connectivity index (χ2v) is 4.07. The van der Waals surface area contributed by atoms with E-state index in [4.69, 9.17) is 0 Å². The lowest BCUT2D eigenvalue weighted by atomic mass is 9.97. The SMILES string of the molecule is CC(C)NC(=O)C1(N=C=O)CCCC1. The highest BCUT2D eigenvalue weighted by Gasteiger charge is 2.41. The first-order valence-corrected chi connectivity index (χ1v) is 5.01. The van der Waals surface area contributed by atoms with Gasteiger partial charge in [0.1, 0.15) is 0 Å². The molecule has 0 unspecified atom stereocenters. The molecule has 0 aromatic rings. The Bertz CT molecular complexity index is 261. The van der Waals surface area contributed by atoms with Gasteiger partial charge in [-0.15, -0.1) is 0 Å². The van der Waals surface area contributed by atoms with Crippen LogP contribution in [0.15, 0.2) is 4.99 Å². The van der Waals surface area contributed by atoms with Crippen LogP contribution in [0, 0.1) is 0 Å². The smallest absolute Gasteiger partial charge is 0.249 e. The molecule has 0 saturated heterocycles. The molecule has 1 rings (SSSR count). The van der Waals surface area contributed by atoms with Crippen LogP contribution < -0.4 is 5.32 Å². The Morgan fingerprint density at radius 1 is 1.43 bits per heavy atom. The molecule has 1 aliphatic rings. The van der Waals surface area contributed by atoms with Crippen molar-refractivity contribution in [2.45, 2.75) is 51.1 Å². The molecule has 0 spiro atoms. The van der Waals surface area contributed by atoms with E-state index in [9.17, 15) is 9.59 Å². The largest absolute Gasteiger partial charge is 0.352 e. The van der Waals surface area contributed by atoms with Gasteiger partial charge in [0.05, 0.1) is 0 Å². The number of aliphatic imine (C=N–C) groups is 1. The highest BCUT2D eigenvalue weighted by molar-refractivity contribution is 5.87. The standard InChI is InChI=1S/C10H16N2O2/c1-8(2)12-9(14)10(11-7-13)5-3-4-6-10/h8H,3-6H2,1-2H3,(H,12,14). The molecule has 78 valence electrons. The maximum absolute atomic E-state index is 11.8. The fraction of sp³-hybridized carbons (Fsp3) is 0.800. The Labute approximate surface area is 83.8 Å². The highest BCUT2D eigenvalue weighted by atomic mass is 16.2. The Morgan fingerprint density at radius 3 is 2.43 bits per heavy atom. The topological polar surface area (TPSA) is 58.5 Å². The number of isocyanates is 1. The number of carbonyl (C=O) groups excluding carboxylic acids is 2. The van der Waals surface area contributed by atoms with Crippen LogP contribution in [-0.4, -0.2) is 23.6 Å². The molecule has 0 aliphatic heterocycles. The lowest BCUT2D eigenvalue weighted by molar-refractivity contribution is -0.126. The molecule has 1 saturated carbocycles. The van der Waals surface area contributed by atoms with Gasteiger partial charge >= 0.3 is 0 Å². The van der Waals surface area contributed by atoms with E-state index in [2.05, 4.69) is 10.3 Å². The van der Waals surface area contributed by atoms with E-state index in [0.29, 0.717) is 12.8 Å². The van der Waals surface area contributed by atoms with Gasteiger partial charge in [-0.25, -0.2) is 4.79 Å². The summed E-state index contributed by atoms with van der Waals surface area (Å²) in [4.78, 5) is 25.8. The summed E-state index contributed by atoms with van der Waals surface area (Å²) >= 11 is 0. The molecule has 4 heteroatoms. The van der Waals surface area contributed by atoms with Gasteiger partial charge in [0.15, 0.2) is 5.54 Å². The minimum absolute atomic E-state index is 0.0850. The molecule has 1 N–H and O–H groups in total. The number of carbonyl (C=O) groups is 1. The Hall–Kier alpha value is -1.15. The molecule has 0 aromatic carbocycles. The normalized spacial score (nSPS) is 19.1. The van der Waals surface area contributed by atoms with Crippen molar-refractivity contribution in [3.8, 4) is 0 Å². The number of nitrogens with zero attached hydrogens (tertiary/aromatic N) is 1. The molecular weight excluding hydrogens is 180 g/mol. The molecule has 1 amide bonds. The molecular formula is C10H16N2O2. The zero-order valence-corrected chi connectivity index (χ0v) is 8.67. The van der Waals surface area contributed by atoms with Crippen molar-refractivity contribution in [3.63, 3.8) is 0 Å². The average Bonchev–Trinajstić information content (AvgIpc) is 2.53. The fourth-order valence-electron chi connectivity index (χ4n) is 1.83. The summed E-state index contributed by atoms with van der Waals surface area (Å²) in [5.74, 6) is -0.131. The Kier molecular flexibility index (Phi) is 3.42. The minimum Gasteiger partial charge on any atom is -0.352 e. The summed E-state index contributed by atoms with van der Waals surface area (Å²) in [7, 11) is 0. The van der Waals surface area contributed by atoms with Gasteiger partial charge in [0, 0.05) is 6.04 Å². The summed E-state index contributed by atoms with van der Waals surface area (Å²) in [5, 5.41) is 2.80. The quantitative estimate of drug-likeness (QED) is 0.544. The van der Waals surface area contributed by atoms with Crippen LogP contribution in [0.5, 0.6) is 0 Å². The van der Waals surface area contributed by atoms with Crippen molar-refractivity contribution in [1.82, 2.24) is 5.32 Å². The van der Waals surface area contributed by atoms with Crippen LogP contribution in [0.25, 0.3) is 0 Å². The molecule has 0 bridgehead atoms. The van der Waals surface area contributed by atoms with Gasteiger partial charge in [-0.1, -0.05) is 12.8 Å². The van der Waals surface area contributed by atoms with E-state index in [1.165, 1.54) is 6.08 Å². The van der Waals surface area contributed by atoms with Gasteiger partial charge < -0.3 is 5.32 Å². The lowest BCUT2D eigenvalue weighted by Gasteiger charge is -2.22. The third-order valence-corrected chi connectivity index (χ3v) is 2.53. The maximum atomic E-state index is 11.8. The lowest BCUT2D eigenvalue weighted by Crippen LogP contribution is -2.46. The zero-order chi connectivity index (χ0) is 10.6. The van der Waals surface area contributed by atoms with Gasteiger partial charge in [-0.2, -0.15) is 4.99 Å². The average molecular weight is 196 g/mol. The summed E-state index contributed by atoms with van der Waals surface area (Å²) in [6.45, 7) is 3.79. The number of nitrogens with one attached hydrogen (secondary N) is 1.